The van der Waals surface area contributed by atoms with Crippen LogP contribution < -0.4 is 15.8 Å². The fraction of sp³-hybridized carbons (Fsp3) is 0.481. The van der Waals surface area contributed by atoms with Crippen molar-refractivity contribution in [3.05, 3.63) is 63.4 Å². The molecule has 0 saturated carbocycles. The number of methoxy groups -OCH3 is 1. The third kappa shape index (κ3) is 8.32. The van der Waals surface area contributed by atoms with E-state index in [0.717, 1.165) is 41.1 Å². The van der Waals surface area contributed by atoms with Crippen molar-refractivity contribution in [1.29, 1.82) is 0 Å². The summed E-state index contributed by atoms with van der Waals surface area (Å²) < 4.78 is 21.0. The number of carbonyl (C=O) groups excluding carboxylic acids is 1. The molecule has 0 aromatic heterocycles. The van der Waals surface area contributed by atoms with Gasteiger partial charge in [0.05, 0.1) is 7.11 Å². The summed E-state index contributed by atoms with van der Waals surface area (Å²) in [4.78, 5) is 19.7. The van der Waals surface area contributed by atoms with Crippen molar-refractivity contribution in [1.82, 2.24) is 10.2 Å². The molecule has 6 nitrogen and oxygen atoms in total. The number of nitrogens with two attached hydrogens (primary N) is 1. The van der Waals surface area contributed by atoms with Crippen molar-refractivity contribution in [3.63, 3.8) is 0 Å². The number of aliphatic imine (C=N–C) groups is 1. The SMILES string of the molecule is COc1ccc(Br)cc1CCc1c(F)cccc1C(=O)NC(N)=NCCCCN1CCCC(C)C1. The molecule has 1 heterocycles. The van der Waals surface area contributed by atoms with Crippen LogP contribution in [0.1, 0.15) is 54.1 Å². The highest BCUT2D eigenvalue weighted by Gasteiger charge is 2.17. The van der Waals surface area contributed by atoms with E-state index in [0.29, 0.717) is 24.9 Å². The van der Waals surface area contributed by atoms with Crippen LogP contribution in [0.15, 0.2) is 45.9 Å². The number of aryl methyl sites for hydroxylation is 1. The van der Waals surface area contributed by atoms with E-state index in [1.165, 1.54) is 38.1 Å². The molecule has 190 valence electrons. The predicted molar refractivity (Wildman–Crippen MR) is 143 cm³/mol. The Hall–Kier alpha value is -2.45. The molecule has 2 aromatic carbocycles. The average Bonchev–Trinajstić information content (AvgIpc) is 2.83. The molecule has 2 aromatic rings. The van der Waals surface area contributed by atoms with Gasteiger partial charge in [-0.25, -0.2) is 4.39 Å². The number of hydrogen-bond acceptors (Lipinski definition) is 4. The van der Waals surface area contributed by atoms with Gasteiger partial charge in [-0.3, -0.25) is 15.1 Å². The Morgan fingerprint density at radius 3 is 2.89 bits per heavy atom. The standard InChI is InChI=1S/C27H36BrFN4O2/c1-19-7-6-16-33(18-19)15-4-3-14-31-27(30)32-26(34)23-8-5-9-24(29)22(23)12-10-20-17-21(28)11-13-25(20)35-2/h5,8-9,11,13,17,19H,3-4,6-7,10,12,14-16,18H2,1-2H3,(H3,30,31,32,34). The molecule has 0 aliphatic carbocycles. The summed E-state index contributed by atoms with van der Waals surface area (Å²) in [5.74, 6) is 0.683. The number of amides is 1. The minimum atomic E-state index is -0.454. The van der Waals surface area contributed by atoms with Gasteiger partial charge in [-0.2, -0.15) is 0 Å². The number of benzene rings is 2. The lowest BCUT2D eigenvalue weighted by atomic mass is 9.98. The number of likely N-dealkylation sites (tertiary alicyclic amines) is 1. The van der Waals surface area contributed by atoms with Crippen molar-refractivity contribution in [2.45, 2.75) is 45.4 Å². The predicted octanol–water partition coefficient (Wildman–Crippen LogP) is 4.94. The van der Waals surface area contributed by atoms with E-state index in [1.54, 1.807) is 13.2 Å². The molecule has 1 unspecified atom stereocenters. The van der Waals surface area contributed by atoms with Crippen LogP contribution >= 0.6 is 15.9 Å². The van der Waals surface area contributed by atoms with Crippen LogP contribution in [-0.4, -0.2) is 50.1 Å². The normalized spacial score (nSPS) is 16.8. The van der Waals surface area contributed by atoms with Crippen LogP contribution in [0.4, 0.5) is 4.39 Å². The highest BCUT2D eigenvalue weighted by molar-refractivity contribution is 9.10. The lowest BCUT2D eigenvalue weighted by Gasteiger charge is -2.30. The number of rotatable bonds is 10. The highest BCUT2D eigenvalue weighted by atomic mass is 79.9. The van der Waals surface area contributed by atoms with Crippen molar-refractivity contribution in [2.75, 3.05) is 33.3 Å². The molecule has 1 fully saturated rings. The number of halogens is 2. The van der Waals surface area contributed by atoms with E-state index in [-0.39, 0.29) is 11.5 Å². The summed E-state index contributed by atoms with van der Waals surface area (Å²) in [5, 5.41) is 2.62. The fourth-order valence-electron chi connectivity index (χ4n) is 4.59. The summed E-state index contributed by atoms with van der Waals surface area (Å²) in [6, 6.07) is 10.2. The Labute approximate surface area is 216 Å². The van der Waals surface area contributed by atoms with Gasteiger partial charge in [0.15, 0.2) is 5.96 Å². The first-order valence-corrected chi connectivity index (χ1v) is 13.1. The molecule has 1 atom stereocenters. The number of unbranched alkanes of at least 4 members (excludes halogenated alkanes) is 1. The molecule has 0 spiro atoms. The van der Waals surface area contributed by atoms with Gasteiger partial charge in [-0.15, -0.1) is 0 Å². The summed E-state index contributed by atoms with van der Waals surface area (Å²) in [7, 11) is 1.60. The van der Waals surface area contributed by atoms with Gasteiger partial charge in [-0.1, -0.05) is 28.9 Å². The average molecular weight is 548 g/mol. The van der Waals surface area contributed by atoms with Crippen LogP contribution in [-0.2, 0) is 12.8 Å². The van der Waals surface area contributed by atoms with E-state index in [2.05, 4.69) is 38.1 Å². The topological polar surface area (TPSA) is 79.9 Å². The molecule has 1 amide bonds. The zero-order chi connectivity index (χ0) is 25.2. The van der Waals surface area contributed by atoms with Crippen LogP contribution in [0.3, 0.4) is 0 Å². The maximum absolute atomic E-state index is 14.7. The van der Waals surface area contributed by atoms with E-state index in [1.807, 2.05) is 18.2 Å². The first-order chi connectivity index (χ1) is 16.9. The third-order valence-corrected chi connectivity index (χ3v) is 6.89. The van der Waals surface area contributed by atoms with Crippen molar-refractivity contribution in [2.24, 2.45) is 16.6 Å². The highest BCUT2D eigenvalue weighted by Crippen LogP contribution is 2.25. The van der Waals surface area contributed by atoms with E-state index >= 15 is 0 Å². The lowest BCUT2D eigenvalue weighted by Crippen LogP contribution is -2.37. The van der Waals surface area contributed by atoms with Crippen molar-refractivity contribution in [3.8, 4) is 5.75 Å². The molecule has 3 N–H and O–H groups in total. The monoisotopic (exact) mass is 546 g/mol. The van der Waals surface area contributed by atoms with Gasteiger partial charge in [0.25, 0.3) is 5.91 Å². The van der Waals surface area contributed by atoms with Crippen LogP contribution in [0.5, 0.6) is 5.75 Å². The Kier molecular flexibility index (Phi) is 10.5. The first-order valence-electron chi connectivity index (χ1n) is 12.3. The number of hydrogen-bond donors (Lipinski definition) is 2. The molecule has 0 radical (unpaired) electrons. The molecule has 0 bridgehead atoms. The summed E-state index contributed by atoms with van der Waals surface area (Å²) >= 11 is 3.46. The minimum absolute atomic E-state index is 0.0606. The summed E-state index contributed by atoms with van der Waals surface area (Å²) in [6.45, 7) is 6.28. The largest absolute Gasteiger partial charge is 0.496 e. The maximum Gasteiger partial charge on any atom is 0.258 e. The van der Waals surface area contributed by atoms with Gasteiger partial charge in [0.2, 0.25) is 0 Å². The zero-order valence-corrected chi connectivity index (χ0v) is 22.2. The molecular formula is C27H36BrFN4O2. The molecule has 1 saturated heterocycles. The molecule has 3 rings (SSSR count). The van der Waals surface area contributed by atoms with E-state index in [4.69, 9.17) is 10.5 Å². The smallest absolute Gasteiger partial charge is 0.258 e. The molecule has 8 heteroatoms. The van der Waals surface area contributed by atoms with Crippen LogP contribution in [0.25, 0.3) is 0 Å². The van der Waals surface area contributed by atoms with Crippen molar-refractivity contribution < 1.29 is 13.9 Å². The second-order valence-electron chi connectivity index (χ2n) is 9.20. The quantitative estimate of drug-likeness (QED) is 0.251. The van der Waals surface area contributed by atoms with Crippen LogP contribution in [0.2, 0.25) is 0 Å². The number of piperidine rings is 1. The van der Waals surface area contributed by atoms with Gasteiger partial charge in [0, 0.05) is 28.7 Å². The zero-order valence-electron chi connectivity index (χ0n) is 20.7. The maximum atomic E-state index is 14.7. The molecule has 35 heavy (non-hydrogen) atoms. The second-order valence-corrected chi connectivity index (χ2v) is 10.1. The van der Waals surface area contributed by atoms with Gasteiger partial charge < -0.3 is 15.4 Å². The number of nitrogens with one attached hydrogen (secondary N) is 1. The van der Waals surface area contributed by atoms with Crippen LogP contribution in [0, 0.1) is 11.7 Å². The molecule has 1 aliphatic rings. The summed E-state index contributed by atoms with van der Waals surface area (Å²) in [5.41, 5.74) is 7.49. The Balaban J connectivity index is 1.54. The third-order valence-electron chi connectivity index (χ3n) is 6.40. The van der Waals surface area contributed by atoms with E-state index < -0.39 is 11.7 Å². The Bertz CT molecular complexity index is 1030. The molecule has 1 aliphatic heterocycles. The minimum Gasteiger partial charge on any atom is -0.496 e. The summed E-state index contributed by atoms with van der Waals surface area (Å²) in [6.07, 6.45) is 5.41. The number of carbonyl (C=O) groups is 1. The number of guanidine groups is 1. The second kappa shape index (κ2) is 13.6. The molecular weight excluding hydrogens is 511 g/mol. The Morgan fingerprint density at radius 2 is 2.11 bits per heavy atom. The Morgan fingerprint density at radius 1 is 1.29 bits per heavy atom. The van der Waals surface area contributed by atoms with Gasteiger partial charge in [-0.05, 0) is 93.4 Å². The van der Waals surface area contributed by atoms with Gasteiger partial charge in [0.1, 0.15) is 11.6 Å². The van der Waals surface area contributed by atoms with E-state index in [9.17, 15) is 9.18 Å². The number of ether oxygens (including phenoxy) is 1. The van der Waals surface area contributed by atoms with Gasteiger partial charge >= 0.3 is 0 Å². The fourth-order valence-corrected chi connectivity index (χ4v) is 5.00. The number of nitrogens with zero attached hydrogens (tertiary/aromatic N) is 2. The lowest BCUT2D eigenvalue weighted by molar-refractivity contribution is 0.0975. The van der Waals surface area contributed by atoms with Crippen molar-refractivity contribution >= 4 is 27.8 Å². The first kappa shape index (κ1) is 27.1.